The Kier molecular flexibility index (Phi) is 8.32. The van der Waals surface area contributed by atoms with Crippen molar-refractivity contribution in [2.24, 2.45) is 4.99 Å². The van der Waals surface area contributed by atoms with Crippen molar-refractivity contribution in [3.05, 3.63) is 12.7 Å². The molecule has 1 amide bonds. The minimum atomic E-state index is 0.573. The predicted octanol–water partition coefficient (Wildman–Crippen LogP) is 2.35. The maximum absolute atomic E-state index is 9.73. The molecule has 0 heterocycles. The number of amides is 1. The first-order valence-electron chi connectivity index (χ1n) is 3.98. The molecular formula is C9H15NO. The third kappa shape index (κ3) is 9.08. The van der Waals surface area contributed by atoms with E-state index < -0.39 is 0 Å². The second-order valence-electron chi connectivity index (χ2n) is 2.36. The van der Waals surface area contributed by atoms with Gasteiger partial charge in [-0.05, 0) is 25.7 Å². The fourth-order valence-electron chi connectivity index (χ4n) is 0.819. The molecule has 0 aliphatic rings. The summed E-state index contributed by atoms with van der Waals surface area (Å²) < 4.78 is 0. The molecule has 0 saturated heterocycles. The summed E-state index contributed by atoms with van der Waals surface area (Å²) in [6, 6.07) is 0. The number of carbonyl (C=O) groups is 1. The highest BCUT2D eigenvalue weighted by Crippen LogP contribution is 2.01. The predicted molar refractivity (Wildman–Crippen MR) is 47.8 cm³/mol. The Hall–Kier alpha value is -0.920. The Balaban J connectivity index is 2.95. The normalized spacial score (nSPS) is 10.2. The lowest BCUT2D eigenvalue weighted by Crippen LogP contribution is -1.78. The van der Waals surface area contributed by atoms with Crippen molar-refractivity contribution in [1.29, 1.82) is 0 Å². The number of hydrogen-bond donors (Lipinski definition) is 0. The summed E-state index contributed by atoms with van der Waals surface area (Å²) in [7, 11) is 0. The summed E-state index contributed by atoms with van der Waals surface area (Å²) in [4.78, 5) is 13.2. The van der Waals surface area contributed by atoms with Crippen molar-refractivity contribution in [2.45, 2.75) is 32.1 Å². The molecule has 0 atom stereocenters. The zero-order valence-electron chi connectivity index (χ0n) is 6.83. The molecule has 0 aromatic carbocycles. The van der Waals surface area contributed by atoms with Gasteiger partial charge in [-0.15, -0.1) is 6.58 Å². The molecule has 0 aromatic rings. The van der Waals surface area contributed by atoms with Crippen LogP contribution in [-0.2, 0) is 4.79 Å². The van der Waals surface area contributed by atoms with Crippen LogP contribution in [0.25, 0.3) is 0 Å². The third-order valence-electron chi connectivity index (χ3n) is 1.41. The van der Waals surface area contributed by atoms with Crippen molar-refractivity contribution in [3.8, 4) is 0 Å². The lowest BCUT2D eigenvalue weighted by atomic mass is 10.1. The minimum absolute atomic E-state index is 0.573. The zero-order valence-corrected chi connectivity index (χ0v) is 6.83. The van der Waals surface area contributed by atoms with Gasteiger partial charge in [0.15, 0.2) is 0 Å². The lowest BCUT2D eigenvalue weighted by molar-refractivity contribution is -0.106. The Labute approximate surface area is 68.0 Å². The van der Waals surface area contributed by atoms with Crippen LogP contribution in [0.4, 0.5) is 0 Å². The molecule has 0 spiro atoms. The summed E-state index contributed by atoms with van der Waals surface area (Å²) in [5.41, 5.74) is 0. The van der Waals surface area contributed by atoms with Crippen LogP contribution in [0.3, 0.4) is 0 Å². The van der Waals surface area contributed by atoms with E-state index in [1.165, 1.54) is 12.8 Å². The maximum Gasteiger partial charge on any atom is 0.232 e. The van der Waals surface area contributed by atoms with Crippen LogP contribution in [0, 0.1) is 0 Å². The van der Waals surface area contributed by atoms with Gasteiger partial charge in [0, 0.05) is 6.21 Å². The molecule has 0 aliphatic heterocycles. The molecule has 2 heteroatoms. The summed E-state index contributed by atoms with van der Waals surface area (Å²) in [5, 5.41) is 0. The monoisotopic (exact) mass is 153 g/mol. The second kappa shape index (κ2) is 9.08. The average molecular weight is 153 g/mol. The topological polar surface area (TPSA) is 29.4 Å². The van der Waals surface area contributed by atoms with E-state index in [9.17, 15) is 4.79 Å². The fraction of sp³-hybridized carbons (Fsp3) is 0.556. The van der Waals surface area contributed by atoms with Gasteiger partial charge in [0.05, 0.1) is 0 Å². The molecule has 0 fully saturated rings. The van der Waals surface area contributed by atoms with Gasteiger partial charge < -0.3 is 0 Å². The SMILES string of the molecule is C=CCCCCCC=NC=O. The number of aliphatic imine (C=N–C) groups is 1. The molecule has 0 bridgehead atoms. The van der Waals surface area contributed by atoms with E-state index >= 15 is 0 Å². The van der Waals surface area contributed by atoms with Crippen LogP contribution < -0.4 is 0 Å². The third-order valence-corrected chi connectivity index (χ3v) is 1.41. The number of rotatable bonds is 7. The van der Waals surface area contributed by atoms with E-state index in [0.717, 1.165) is 19.3 Å². The molecule has 0 rings (SSSR count). The van der Waals surface area contributed by atoms with Gasteiger partial charge in [-0.3, -0.25) is 4.79 Å². The van der Waals surface area contributed by atoms with Crippen LogP contribution in [0.15, 0.2) is 17.6 Å². The van der Waals surface area contributed by atoms with E-state index in [1.807, 2.05) is 6.08 Å². The summed E-state index contributed by atoms with van der Waals surface area (Å²) in [5.74, 6) is 0. The van der Waals surface area contributed by atoms with Gasteiger partial charge in [0.1, 0.15) is 0 Å². The lowest BCUT2D eigenvalue weighted by Gasteiger charge is -1.92. The zero-order chi connectivity index (χ0) is 8.36. The van der Waals surface area contributed by atoms with E-state index in [2.05, 4.69) is 11.6 Å². The molecular weight excluding hydrogens is 138 g/mol. The molecule has 62 valence electrons. The molecule has 0 aromatic heterocycles. The van der Waals surface area contributed by atoms with Crippen molar-refractivity contribution < 1.29 is 4.79 Å². The number of unbranched alkanes of at least 4 members (excludes halogenated alkanes) is 4. The van der Waals surface area contributed by atoms with Crippen molar-refractivity contribution in [3.63, 3.8) is 0 Å². The largest absolute Gasteiger partial charge is 0.276 e. The first kappa shape index (κ1) is 10.1. The van der Waals surface area contributed by atoms with E-state index in [0.29, 0.717) is 6.41 Å². The molecule has 2 nitrogen and oxygen atoms in total. The van der Waals surface area contributed by atoms with Crippen LogP contribution in [0.1, 0.15) is 32.1 Å². The van der Waals surface area contributed by atoms with Gasteiger partial charge in [-0.1, -0.05) is 12.5 Å². The second-order valence-corrected chi connectivity index (χ2v) is 2.36. The highest BCUT2D eigenvalue weighted by molar-refractivity contribution is 5.68. The minimum Gasteiger partial charge on any atom is -0.276 e. The Bertz CT molecular complexity index is 130. The number of carbonyl (C=O) groups excluding carboxylic acids is 1. The quantitative estimate of drug-likeness (QED) is 0.239. The summed E-state index contributed by atoms with van der Waals surface area (Å²) in [6.45, 7) is 3.64. The highest BCUT2D eigenvalue weighted by Gasteiger charge is 1.84. The fourth-order valence-corrected chi connectivity index (χ4v) is 0.819. The van der Waals surface area contributed by atoms with Gasteiger partial charge in [0.25, 0.3) is 0 Å². The Morgan fingerprint density at radius 2 is 1.91 bits per heavy atom. The van der Waals surface area contributed by atoms with Crippen LogP contribution in [0.2, 0.25) is 0 Å². The molecule has 11 heavy (non-hydrogen) atoms. The van der Waals surface area contributed by atoms with Gasteiger partial charge in [-0.25, -0.2) is 4.99 Å². The Morgan fingerprint density at radius 3 is 2.55 bits per heavy atom. The van der Waals surface area contributed by atoms with Gasteiger partial charge in [-0.2, -0.15) is 0 Å². The van der Waals surface area contributed by atoms with Crippen molar-refractivity contribution in [1.82, 2.24) is 0 Å². The van der Waals surface area contributed by atoms with Crippen LogP contribution in [-0.4, -0.2) is 12.6 Å². The standard InChI is InChI=1S/C9H15NO/c1-2-3-4-5-6-7-8-10-9-11/h2,8-9H,1,3-7H2. The number of hydrogen-bond acceptors (Lipinski definition) is 1. The average Bonchev–Trinajstić information content (AvgIpc) is 2.03. The van der Waals surface area contributed by atoms with E-state index in [1.54, 1.807) is 6.21 Å². The van der Waals surface area contributed by atoms with E-state index in [4.69, 9.17) is 0 Å². The Morgan fingerprint density at radius 1 is 1.18 bits per heavy atom. The van der Waals surface area contributed by atoms with Crippen LogP contribution in [0.5, 0.6) is 0 Å². The van der Waals surface area contributed by atoms with Crippen LogP contribution >= 0.6 is 0 Å². The first-order chi connectivity index (χ1) is 5.41. The van der Waals surface area contributed by atoms with E-state index in [-0.39, 0.29) is 0 Å². The highest BCUT2D eigenvalue weighted by atomic mass is 16.1. The molecule has 0 radical (unpaired) electrons. The summed E-state index contributed by atoms with van der Waals surface area (Å²) >= 11 is 0. The summed E-state index contributed by atoms with van der Waals surface area (Å²) in [6.07, 6.45) is 9.67. The van der Waals surface area contributed by atoms with Crippen molar-refractivity contribution >= 4 is 12.6 Å². The van der Waals surface area contributed by atoms with Crippen molar-refractivity contribution in [2.75, 3.05) is 0 Å². The molecule has 0 unspecified atom stereocenters. The van der Waals surface area contributed by atoms with Gasteiger partial charge in [0.2, 0.25) is 6.41 Å². The number of nitrogens with zero attached hydrogens (tertiary/aromatic N) is 1. The molecule has 0 aliphatic carbocycles. The molecule has 0 saturated carbocycles. The smallest absolute Gasteiger partial charge is 0.232 e. The first-order valence-corrected chi connectivity index (χ1v) is 3.98. The number of allylic oxidation sites excluding steroid dienone is 1. The molecule has 0 N–H and O–H groups in total. The van der Waals surface area contributed by atoms with Gasteiger partial charge >= 0.3 is 0 Å². The maximum atomic E-state index is 9.73.